The van der Waals surface area contributed by atoms with Crippen LogP contribution in [0.2, 0.25) is 0 Å². The van der Waals surface area contributed by atoms with E-state index in [0.29, 0.717) is 0 Å². The molecule has 1 heterocycles. The van der Waals surface area contributed by atoms with E-state index in [1.165, 1.54) is 23.0 Å². The van der Waals surface area contributed by atoms with Crippen molar-refractivity contribution in [2.24, 2.45) is 0 Å². The summed E-state index contributed by atoms with van der Waals surface area (Å²) >= 11 is 0. The first kappa shape index (κ1) is 11.5. The van der Waals surface area contributed by atoms with Crippen LogP contribution in [0.5, 0.6) is 0 Å². The molecule has 19 heavy (non-hydrogen) atoms. The van der Waals surface area contributed by atoms with Crippen LogP contribution < -0.4 is 5.43 Å². The van der Waals surface area contributed by atoms with Crippen LogP contribution >= 0.6 is 0 Å². The van der Waals surface area contributed by atoms with Crippen molar-refractivity contribution in [3.8, 4) is 11.1 Å². The van der Waals surface area contributed by atoms with Crippen molar-refractivity contribution in [3.05, 3.63) is 72.8 Å². The molecule has 0 atom stereocenters. The molecule has 0 aliphatic carbocycles. The smallest absolute Gasteiger partial charge is 0.139 e. The number of benzene rings is 2. The van der Waals surface area contributed by atoms with E-state index in [0.717, 1.165) is 6.54 Å². The zero-order chi connectivity index (χ0) is 12.9. The van der Waals surface area contributed by atoms with Crippen molar-refractivity contribution in [3.63, 3.8) is 0 Å². The zero-order valence-electron chi connectivity index (χ0n) is 10.4. The number of nitrogens with zero attached hydrogens (tertiary/aromatic N) is 3. The number of hydrogen-bond donors (Lipinski definition) is 1. The fourth-order valence-corrected chi connectivity index (χ4v) is 1.91. The summed E-state index contributed by atoms with van der Waals surface area (Å²) in [4.78, 5) is 5.48. The molecule has 0 radical (unpaired) electrons. The molecule has 0 aliphatic heterocycles. The van der Waals surface area contributed by atoms with Gasteiger partial charge in [-0.25, -0.2) is 4.98 Å². The normalized spacial score (nSPS) is 10.3. The third kappa shape index (κ3) is 2.80. The second-order valence-electron chi connectivity index (χ2n) is 4.24. The number of aromatic nitrogens is 3. The molecule has 2 aromatic carbocycles. The van der Waals surface area contributed by atoms with Crippen molar-refractivity contribution >= 4 is 0 Å². The van der Waals surface area contributed by atoms with Crippen LogP contribution in [0.4, 0.5) is 0 Å². The van der Waals surface area contributed by atoms with E-state index < -0.39 is 0 Å². The van der Waals surface area contributed by atoms with E-state index >= 15 is 0 Å². The highest BCUT2D eigenvalue weighted by atomic mass is 15.6. The molecule has 0 unspecified atom stereocenters. The summed E-state index contributed by atoms with van der Waals surface area (Å²) in [6.45, 7) is 0.721. The third-order valence-corrected chi connectivity index (χ3v) is 2.92. The van der Waals surface area contributed by atoms with E-state index in [4.69, 9.17) is 0 Å². The van der Waals surface area contributed by atoms with Gasteiger partial charge in [-0.3, -0.25) is 0 Å². The summed E-state index contributed by atoms with van der Waals surface area (Å²) in [5.74, 6) is 0. The number of hydrogen-bond acceptors (Lipinski definition) is 3. The molecular weight excluding hydrogens is 236 g/mol. The molecular formula is C15H14N4. The summed E-state index contributed by atoms with van der Waals surface area (Å²) < 4.78 is 0. The van der Waals surface area contributed by atoms with Crippen LogP contribution in [-0.4, -0.2) is 14.9 Å². The number of rotatable bonds is 4. The van der Waals surface area contributed by atoms with Crippen molar-refractivity contribution in [1.29, 1.82) is 0 Å². The lowest BCUT2D eigenvalue weighted by Gasteiger charge is -2.06. The fourth-order valence-electron chi connectivity index (χ4n) is 1.91. The molecule has 3 aromatic rings. The molecule has 1 aromatic heterocycles. The van der Waals surface area contributed by atoms with Crippen LogP contribution in [0.1, 0.15) is 5.56 Å². The van der Waals surface area contributed by atoms with Gasteiger partial charge in [-0.2, -0.15) is 4.79 Å². The van der Waals surface area contributed by atoms with Crippen LogP contribution in [0.25, 0.3) is 11.1 Å². The monoisotopic (exact) mass is 250 g/mol. The van der Waals surface area contributed by atoms with Gasteiger partial charge in [0, 0.05) is 0 Å². The standard InChI is InChI=1S/C15H14N4/c1-2-4-14(5-3-1)15-8-6-13(7-9-15)10-17-19-12-16-11-18-19/h1-9,11-12,17H,10H2. The van der Waals surface area contributed by atoms with Crippen molar-refractivity contribution in [2.75, 3.05) is 5.43 Å². The molecule has 3 rings (SSSR count). The second kappa shape index (κ2) is 5.35. The summed E-state index contributed by atoms with van der Waals surface area (Å²) in [7, 11) is 0. The van der Waals surface area contributed by atoms with Gasteiger partial charge in [-0.15, -0.1) is 5.10 Å². The Morgan fingerprint density at radius 2 is 1.63 bits per heavy atom. The lowest BCUT2D eigenvalue weighted by atomic mass is 10.0. The van der Waals surface area contributed by atoms with E-state index in [1.54, 1.807) is 11.1 Å². The summed E-state index contributed by atoms with van der Waals surface area (Å²) in [5.41, 5.74) is 6.81. The molecule has 0 spiro atoms. The van der Waals surface area contributed by atoms with Gasteiger partial charge in [0.2, 0.25) is 0 Å². The Bertz CT molecular complexity index is 615. The van der Waals surface area contributed by atoms with Gasteiger partial charge in [-0.1, -0.05) is 54.6 Å². The molecule has 0 saturated carbocycles. The van der Waals surface area contributed by atoms with Crippen LogP contribution in [0.15, 0.2) is 67.3 Å². The minimum Gasteiger partial charge on any atom is -0.304 e. The van der Waals surface area contributed by atoms with Crippen LogP contribution in [0, 0.1) is 0 Å². The highest BCUT2D eigenvalue weighted by molar-refractivity contribution is 5.63. The lowest BCUT2D eigenvalue weighted by molar-refractivity contribution is 0.730. The van der Waals surface area contributed by atoms with Crippen molar-refractivity contribution in [1.82, 2.24) is 14.9 Å². The summed E-state index contributed by atoms with van der Waals surface area (Å²) in [6.07, 6.45) is 3.14. The molecule has 4 heteroatoms. The van der Waals surface area contributed by atoms with Gasteiger partial charge in [0.25, 0.3) is 0 Å². The fraction of sp³-hybridized carbons (Fsp3) is 0.0667. The quantitative estimate of drug-likeness (QED) is 0.774. The van der Waals surface area contributed by atoms with Crippen molar-refractivity contribution < 1.29 is 0 Å². The zero-order valence-corrected chi connectivity index (χ0v) is 10.4. The SMILES string of the molecule is c1ccc(-c2ccc(CNn3cncn3)cc2)cc1. The van der Waals surface area contributed by atoms with Gasteiger partial charge in [0.05, 0.1) is 6.54 Å². The van der Waals surface area contributed by atoms with E-state index in [9.17, 15) is 0 Å². The van der Waals surface area contributed by atoms with Crippen LogP contribution in [0.3, 0.4) is 0 Å². The predicted octanol–water partition coefficient (Wildman–Crippen LogP) is 2.69. The molecule has 1 N–H and O–H groups in total. The number of nitrogens with one attached hydrogen (secondary N) is 1. The van der Waals surface area contributed by atoms with Gasteiger partial charge < -0.3 is 5.43 Å². The highest BCUT2D eigenvalue weighted by Gasteiger charge is 1.97. The Morgan fingerprint density at radius 1 is 0.895 bits per heavy atom. The Kier molecular flexibility index (Phi) is 3.23. The average Bonchev–Trinajstić information content (AvgIpc) is 3.00. The molecule has 94 valence electrons. The van der Waals surface area contributed by atoms with Crippen LogP contribution in [-0.2, 0) is 6.54 Å². The molecule has 0 fully saturated rings. The van der Waals surface area contributed by atoms with E-state index in [1.807, 2.05) is 6.07 Å². The van der Waals surface area contributed by atoms with Crippen molar-refractivity contribution in [2.45, 2.75) is 6.54 Å². The molecule has 0 saturated heterocycles. The Balaban J connectivity index is 1.69. The maximum absolute atomic E-state index is 3.99. The molecule has 0 amide bonds. The Hall–Kier alpha value is -2.62. The molecule has 0 aliphatic rings. The average molecular weight is 250 g/mol. The van der Waals surface area contributed by atoms with E-state index in [2.05, 4.69) is 64.0 Å². The largest absolute Gasteiger partial charge is 0.304 e. The molecule has 4 nitrogen and oxygen atoms in total. The minimum atomic E-state index is 0.721. The van der Waals surface area contributed by atoms with Gasteiger partial charge in [-0.05, 0) is 16.7 Å². The molecule has 0 bridgehead atoms. The topological polar surface area (TPSA) is 42.7 Å². The maximum Gasteiger partial charge on any atom is 0.139 e. The van der Waals surface area contributed by atoms with Gasteiger partial charge in [0.1, 0.15) is 12.7 Å². The third-order valence-electron chi connectivity index (χ3n) is 2.92. The lowest BCUT2D eigenvalue weighted by Crippen LogP contribution is -2.14. The second-order valence-corrected chi connectivity index (χ2v) is 4.24. The Morgan fingerprint density at radius 3 is 2.32 bits per heavy atom. The first-order valence-corrected chi connectivity index (χ1v) is 6.15. The van der Waals surface area contributed by atoms with E-state index in [-0.39, 0.29) is 0 Å². The summed E-state index contributed by atoms with van der Waals surface area (Å²) in [5, 5.41) is 3.99. The minimum absolute atomic E-state index is 0.721. The first-order chi connectivity index (χ1) is 9.42. The maximum atomic E-state index is 3.99. The van der Waals surface area contributed by atoms with Gasteiger partial charge in [0.15, 0.2) is 0 Å². The first-order valence-electron chi connectivity index (χ1n) is 6.15. The Labute approximate surface area is 111 Å². The van der Waals surface area contributed by atoms with Gasteiger partial charge >= 0.3 is 0 Å². The highest BCUT2D eigenvalue weighted by Crippen LogP contribution is 2.19. The predicted molar refractivity (Wildman–Crippen MR) is 75.0 cm³/mol. The summed E-state index contributed by atoms with van der Waals surface area (Å²) in [6, 6.07) is 18.9.